The molecule has 8 heteroatoms. The molecule has 1 fully saturated rings. The molecule has 2 rings (SSSR count). The van der Waals surface area contributed by atoms with Gasteiger partial charge in [-0.2, -0.15) is 0 Å². The molecule has 0 spiro atoms. The monoisotopic (exact) mass is 410 g/mol. The largest absolute Gasteiger partial charge is 0.354 e. The maximum Gasteiger partial charge on any atom is 0.240 e. The summed E-state index contributed by atoms with van der Waals surface area (Å²) in [6.07, 6.45) is 1.99. The average Bonchev–Trinajstić information content (AvgIpc) is 2.64. The highest BCUT2D eigenvalue weighted by Crippen LogP contribution is 2.21. The molecular weight excluding hydrogens is 376 g/mol. The van der Waals surface area contributed by atoms with Gasteiger partial charge in [0, 0.05) is 32.7 Å². The van der Waals surface area contributed by atoms with E-state index in [1.807, 2.05) is 12.1 Å². The van der Waals surface area contributed by atoms with E-state index < -0.39 is 10.0 Å². The van der Waals surface area contributed by atoms with Gasteiger partial charge in [0.1, 0.15) is 6.54 Å². The van der Waals surface area contributed by atoms with Crippen molar-refractivity contribution in [1.82, 2.24) is 15.1 Å². The first-order chi connectivity index (χ1) is 13.2. The van der Waals surface area contributed by atoms with Crippen LogP contribution in [0.5, 0.6) is 0 Å². The number of nitrogens with one attached hydrogen (secondary N) is 1. The lowest BCUT2D eigenvalue weighted by atomic mass is 10.0. The molecule has 0 bridgehead atoms. The van der Waals surface area contributed by atoms with E-state index in [0.29, 0.717) is 18.2 Å². The highest BCUT2D eigenvalue weighted by Gasteiger charge is 2.21. The van der Waals surface area contributed by atoms with E-state index in [1.165, 1.54) is 0 Å². The van der Waals surface area contributed by atoms with Crippen molar-refractivity contribution in [2.24, 2.45) is 0 Å². The molecule has 158 valence electrons. The van der Waals surface area contributed by atoms with Gasteiger partial charge in [0.25, 0.3) is 0 Å². The fourth-order valence-corrected chi connectivity index (χ4v) is 4.07. The van der Waals surface area contributed by atoms with Crippen LogP contribution in [0.2, 0.25) is 0 Å². The highest BCUT2D eigenvalue weighted by molar-refractivity contribution is 7.92. The topological polar surface area (TPSA) is 73.0 Å². The summed E-state index contributed by atoms with van der Waals surface area (Å²) >= 11 is 0. The predicted molar refractivity (Wildman–Crippen MR) is 114 cm³/mol. The molecule has 0 atom stereocenters. The van der Waals surface area contributed by atoms with Crippen molar-refractivity contribution in [1.29, 1.82) is 0 Å². The molecule has 1 aromatic rings. The first-order valence-electron chi connectivity index (χ1n) is 9.92. The van der Waals surface area contributed by atoms with Crippen molar-refractivity contribution >= 4 is 21.6 Å². The van der Waals surface area contributed by atoms with Gasteiger partial charge in [-0.15, -0.1) is 0 Å². The Morgan fingerprint density at radius 2 is 1.75 bits per heavy atom. The van der Waals surface area contributed by atoms with Gasteiger partial charge in [0.05, 0.1) is 11.9 Å². The summed E-state index contributed by atoms with van der Waals surface area (Å²) in [5, 5.41) is 2.85. The Morgan fingerprint density at radius 1 is 1.14 bits per heavy atom. The van der Waals surface area contributed by atoms with Gasteiger partial charge in [0.2, 0.25) is 15.9 Å². The Bertz CT molecular complexity index is 726. The smallest absolute Gasteiger partial charge is 0.240 e. The van der Waals surface area contributed by atoms with E-state index in [4.69, 9.17) is 0 Å². The van der Waals surface area contributed by atoms with Gasteiger partial charge in [-0.25, -0.2) is 8.42 Å². The second kappa shape index (κ2) is 10.2. The molecule has 1 aromatic carbocycles. The SMILES string of the molecule is CC(C)c1ccc(N(CC(=O)NCCCN2CCN(C)CC2)S(C)(=O)=O)cc1. The van der Waals surface area contributed by atoms with Crippen LogP contribution in [0, 0.1) is 0 Å². The maximum absolute atomic E-state index is 12.3. The number of likely N-dealkylation sites (N-methyl/N-ethyl adjacent to an activating group) is 1. The minimum absolute atomic E-state index is 0.200. The summed E-state index contributed by atoms with van der Waals surface area (Å²) in [6, 6.07) is 7.34. The number of piperazine rings is 1. The summed E-state index contributed by atoms with van der Waals surface area (Å²) < 4.78 is 25.5. The Hall–Kier alpha value is -1.64. The van der Waals surface area contributed by atoms with Gasteiger partial charge in [0.15, 0.2) is 0 Å². The number of nitrogens with zero attached hydrogens (tertiary/aromatic N) is 3. The number of benzene rings is 1. The van der Waals surface area contributed by atoms with E-state index in [-0.39, 0.29) is 12.5 Å². The van der Waals surface area contributed by atoms with Crippen molar-refractivity contribution < 1.29 is 13.2 Å². The van der Waals surface area contributed by atoms with Gasteiger partial charge in [-0.1, -0.05) is 26.0 Å². The van der Waals surface area contributed by atoms with Gasteiger partial charge < -0.3 is 15.1 Å². The van der Waals surface area contributed by atoms with Crippen LogP contribution in [0.25, 0.3) is 0 Å². The molecule has 0 saturated carbocycles. The summed E-state index contributed by atoms with van der Waals surface area (Å²) in [4.78, 5) is 17.0. The molecule has 1 aliphatic rings. The highest BCUT2D eigenvalue weighted by atomic mass is 32.2. The van der Waals surface area contributed by atoms with Crippen LogP contribution in [0.3, 0.4) is 0 Å². The Kier molecular flexibility index (Phi) is 8.27. The van der Waals surface area contributed by atoms with E-state index in [1.54, 1.807) is 12.1 Å². The van der Waals surface area contributed by atoms with Crippen molar-refractivity contribution in [3.05, 3.63) is 29.8 Å². The van der Waals surface area contributed by atoms with Crippen LogP contribution in [-0.4, -0.2) is 83.2 Å². The predicted octanol–water partition coefficient (Wildman–Crippen LogP) is 1.33. The molecule has 0 aliphatic carbocycles. The van der Waals surface area contributed by atoms with Crippen LogP contribution in [0.4, 0.5) is 5.69 Å². The number of hydrogen-bond acceptors (Lipinski definition) is 5. The lowest BCUT2D eigenvalue weighted by molar-refractivity contribution is -0.119. The molecule has 7 nitrogen and oxygen atoms in total. The molecule has 1 aliphatic heterocycles. The van der Waals surface area contributed by atoms with Crippen LogP contribution in [-0.2, 0) is 14.8 Å². The average molecular weight is 411 g/mol. The number of carbonyl (C=O) groups excluding carboxylic acids is 1. The second-order valence-corrected chi connectivity index (χ2v) is 9.77. The molecule has 1 N–H and O–H groups in total. The minimum Gasteiger partial charge on any atom is -0.354 e. The van der Waals surface area contributed by atoms with Crippen LogP contribution in [0.15, 0.2) is 24.3 Å². The quantitative estimate of drug-likeness (QED) is 0.622. The van der Waals surface area contributed by atoms with E-state index in [0.717, 1.165) is 55.3 Å². The summed E-state index contributed by atoms with van der Waals surface area (Å²) in [7, 11) is -1.41. The molecule has 0 radical (unpaired) electrons. The first kappa shape index (κ1) is 22.6. The lowest BCUT2D eigenvalue weighted by Gasteiger charge is -2.32. The third kappa shape index (κ3) is 7.07. The number of amides is 1. The molecule has 1 saturated heterocycles. The standard InChI is InChI=1S/C20H34N4O3S/c1-17(2)18-6-8-19(9-7-18)24(28(4,26)27)16-20(25)21-10-5-11-23-14-12-22(3)13-15-23/h6-9,17H,5,10-16H2,1-4H3,(H,21,25). The Morgan fingerprint density at radius 3 is 2.29 bits per heavy atom. The fourth-order valence-electron chi connectivity index (χ4n) is 3.21. The summed E-state index contributed by atoms with van der Waals surface area (Å²) in [5.74, 6) is 0.0843. The number of anilines is 1. The van der Waals surface area contributed by atoms with Crippen molar-refractivity contribution in [3.8, 4) is 0 Å². The first-order valence-corrected chi connectivity index (χ1v) is 11.8. The fraction of sp³-hybridized carbons (Fsp3) is 0.650. The third-order valence-electron chi connectivity index (χ3n) is 5.10. The molecule has 0 aromatic heterocycles. The minimum atomic E-state index is -3.54. The van der Waals surface area contributed by atoms with E-state index in [9.17, 15) is 13.2 Å². The Balaban J connectivity index is 1.84. The van der Waals surface area contributed by atoms with Gasteiger partial charge >= 0.3 is 0 Å². The van der Waals surface area contributed by atoms with Crippen LogP contribution in [0.1, 0.15) is 31.7 Å². The number of sulfonamides is 1. The van der Waals surface area contributed by atoms with E-state index >= 15 is 0 Å². The van der Waals surface area contributed by atoms with E-state index in [2.05, 4.69) is 36.0 Å². The number of rotatable bonds is 9. The molecule has 1 heterocycles. The Labute approximate surface area is 169 Å². The van der Waals surface area contributed by atoms with Gasteiger partial charge in [-0.05, 0) is 43.6 Å². The molecule has 28 heavy (non-hydrogen) atoms. The van der Waals surface area contributed by atoms with Crippen LogP contribution < -0.4 is 9.62 Å². The second-order valence-electron chi connectivity index (χ2n) is 7.86. The summed E-state index contributed by atoms with van der Waals surface area (Å²) in [5.41, 5.74) is 1.64. The van der Waals surface area contributed by atoms with Gasteiger partial charge in [-0.3, -0.25) is 9.10 Å². The zero-order valence-electron chi connectivity index (χ0n) is 17.5. The molecular formula is C20H34N4O3S. The zero-order valence-corrected chi connectivity index (χ0v) is 18.3. The molecule has 0 unspecified atom stereocenters. The van der Waals surface area contributed by atoms with Crippen molar-refractivity contribution in [2.45, 2.75) is 26.2 Å². The summed E-state index contributed by atoms with van der Waals surface area (Å²) in [6.45, 7) is 9.72. The normalized spacial score (nSPS) is 16.3. The van der Waals surface area contributed by atoms with Crippen molar-refractivity contribution in [2.75, 3.05) is 63.4 Å². The van der Waals surface area contributed by atoms with Crippen molar-refractivity contribution in [3.63, 3.8) is 0 Å². The molecule has 1 amide bonds. The third-order valence-corrected chi connectivity index (χ3v) is 6.25. The maximum atomic E-state index is 12.3. The zero-order chi connectivity index (χ0) is 20.7. The van der Waals surface area contributed by atoms with Crippen LogP contribution >= 0.6 is 0 Å². The number of carbonyl (C=O) groups is 1. The lowest BCUT2D eigenvalue weighted by Crippen LogP contribution is -2.45. The number of hydrogen-bond donors (Lipinski definition) is 1.